The van der Waals surface area contributed by atoms with Gasteiger partial charge in [-0.15, -0.1) is 0 Å². The highest BCUT2D eigenvalue weighted by molar-refractivity contribution is 5.92. The first-order chi connectivity index (χ1) is 10.6. The Bertz CT molecular complexity index is 682. The van der Waals surface area contributed by atoms with Crippen molar-refractivity contribution in [3.05, 3.63) is 53.7 Å². The average molecular weight is 295 g/mol. The van der Waals surface area contributed by atoms with E-state index < -0.39 is 0 Å². The van der Waals surface area contributed by atoms with Gasteiger partial charge >= 0.3 is 0 Å². The van der Waals surface area contributed by atoms with Crippen LogP contribution in [0.4, 0.5) is 11.5 Å². The van der Waals surface area contributed by atoms with Gasteiger partial charge in [-0.05, 0) is 36.1 Å². The Morgan fingerprint density at radius 1 is 1.23 bits per heavy atom. The Balaban J connectivity index is 1.82. The first-order valence-corrected chi connectivity index (χ1v) is 7.76. The lowest BCUT2D eigenvalue weighted by Crippen LogP contribution is -2.28. The van der Waals surface area contributed by atoms with E-state index in [1.54, 1.807) is 6.07 Å². The summed E-state index contributed by atoms with van der Waals surface area (Å²) in [6.45, 7) is 5.72. The molecule has 0 aliphatic carbocycles. The van der Waals surface area contributed by atoms with Crippen LogP contribution in [-0.2, 0) is 6.42 Å². The number of nitrogens with one attached hydrogen (secondary N) is 1. The third-order valence-electron chi connectivity index (χ3n) is 3.80. The zero-order valence-electron chi connectivity index (χ0n) is 13.0. The smallest absolute Gasteiger partial charge is 0.269 e. The summed E-state index contributed by atoms with van der Waals surface area (Å²) in [5.74, 6) is 1.16. The molecule has 0 saturated heterocycles. The summed E-state index contributed by atoms with van der Waals surface area (Å²) in [5, 5.41) is 2.92. The van der Waals surface area contributed by atoms with Gasteiger partial charge in [0.2, 0.25) is 0 Å². The normalized spacial score (nSPS) is 13.3. The molecule has 4 heteroatoms. The van der Waals surface area contributed by atoms with E-state index in [-0.39, 0.29) is 5.91 Å². The summed E-state index contributed by atoms with van der Waals surface area (Å²) in [5.41, 5.74) is 3.00. The maximum Gasteiger partial charge on any atom is 0.269 e. The largest absolute Gasteiger partial charge is 0.350 e. The number of carbonyl (C=O) groups excluding carboxylic acids is 1. The van der Waals surface area contributed by atoms with Crippen LogP contribution in [-0.4, -0.2) is 24.0 Å². The number of hydrogen-bond acceptors (Lipinski definition) is 3. The molecule has 0 saturated carbocycles. The van der Waals surface area contributed by atoms with Crippen molar-refractivity contribution in [2.24, 2.45) is 5.92 Å². The van der Waals surface area contributed by atoms with Gasteiger partial charge < -0.3 is 10.2 Å². The van der Waals surface area contributed by atoms with Crippen molar-refractivity contribution < 1.29 is 4.79 Å². The van der Waals surface area contributed by atoms with Crippen LogP contribution in [0.2, 0.25) is 0 Å². The molecular weight excluding hydrogens is 274 g/mol. The van der Waals surface area contributed by atoms with E-state index in [0.29, 0.717) is 18.2 Å². The van der Waals surface area contributed by atoms with Crippen LogP contribution in [0.1, 0.15) is 29.9 Å². The molecule has 0 fully saturated rings. The molecule has 1 aromatic carbocycles. The van der Waals surface area contributed by atoms with Gasteiger partial charge in [0.1, 0.15) is 11.5 Å². The number of carbonyl (C=O) groups is 1. The molecule has 1 aliphatic heterocycles. The standard InChI is InChI=1S/C18H21N3O/c1-13(2)12-19-18(22)15-7-5-9-17(20-15)21-11-10-14-6-3-4-8-16(14)21/h3-9,13H,10-12H2,1-2H3,(H,19,22). The highest BCUT2D eigenvalue weighted by atomic mass is 16.1. The lowest BCUT2D eigenvalue weighted by Gasteiger charge is -2.19. The van der Waals surface area contributed by atoms with Gasteiger partial charge in [0.25, 0.3) is 5.91 Å². The summed E-state index contributed by atoms with van der Waals surface area (Å²) >= 11 is 0. The number of fused-ring (bicyclic) bond motifs is 1. The topological polar surface area (TPSA) is 45.2 Å². The summed E-state index contributed by atoms with van der Waals surface area (Å²) in [6, 6.07) is 14.0. The van der Waals surface area contributed by atoms with E-state index in [9.17, 15) is 4.79 Å². The fourth-order valence-electron chi connectivity index (χ4n) is 2.66. The molecule has 0 atom stereocenters. The summed E-state index contributed by atoms with van der Waals surface area (Å²) in [4.78, 5) is 18.9. The summed E-state index contributed by atoms with van der Waals surface area (Å²) in [6.07, 6.45) is 1.02. The molecule has 1 aliphatic rings. The first-order valence-electron chi connectivity index (χ1n) is 7.76. The maximum atomic E-state index is 12.2. The molecule has 114 valence electrons. The molecule has 1 aromatic heterocycles. The number of aromatic nitrogens is 1. The van der Waals surface area contributed by atoms with Crippen molar-refractivity contribution in [2.75, 3.05) is 18.0 Å². The molecular formula is C18H21N3O. The predicted octanol–water partition coefficient (Wildman–Crippen LogP) is 3.16. The Labute approximate surface area is 131 Å². The van der Waals surface area contributed by atoms with Gasteiger partial charge in [0, 0.05) is 18.8 Å². The van der Waals surface area contributed by atoms with Gasteiger partial charge in [0.15, 0.2) is 0 Å². The van der Waals surface area contributed by atoms with E-state index in [1.165, 1.54) is 11.3 Å². The zero-order chi connectivity index (χ0) is 15.5. The lowest BCUT2D eigenvalue weighted by molar-refractivity contribution is 0.0944. The Kier molecular flexibility index (Phi) is 4.09. The van der Waals surface area contributed by atoms with E-state index >= 15 is 0 Å². The number of anilines is 2. The second-order valence-electron chi connectivity index (χ2n) is 6.02. The fourth-order valence-corrected chi connectivity index (χ4v) is 2.66. The number of pyridine rings is 1. The van der Waals surface area contributed by atoms with Crippen LogP contribution in [0, 0.1) is 5.92 Å². The van der Waals surface area contributed by atoms with Gasteiger partial charge in [-0.2, -0.15) is 0 Å². The van der Waals surface area contributed by atoms with Crippen molar-refractivity contribution in [2.45, 2.75) is 20.3 Å². The lowest BCUT2D eigenvalue weighted by atomic mass is 10.2. The third-order valence-corrected chi connectivity index (χ3v) is 3.80. The SMILES string of the molecule is CC(C)CNC(=O)c1cccc(N2CCc3ccccc32)n1. The molecule has 1 N–H and O–H groups in total. The first kappa shape index (κ1) is 14.6. The van der Waals surface area contributed by atoms with E-state index in [2.05, 4.69) is 47.2 Å². The van der Waals surface area contributed by atoms with E-state index in [4.69, 9.17) is 0 Å². The maximum absolute atomic E-state index is 12.2. The Morgan fingerprint density at radius 2 is 2.05 bits per heavy atom. The monoisotopic (exact) mass is 295 g/mol. The summed E-state index contributed by atoms with van der Waals surface area (Å²) in [7, 11) is 0. The highest BCUT2D eigenvalue weighted by Gasteiger charge is 2.21. The van der Waals surface area contributed by atoms with Crippen LogP contribution in [0.25, 0.3) is 0 Å². The van der Waals surface area contributed by atoms with Crippen LogP contribution in [0.15, 0.2) is 42.5 Å². The third kappa shape index (κ3) is 2.96. The Hall–Kier alpha value is -2.36. The van der Waals surface area contributed by atoms with Crippen LogP contribution >= 0.6 is 0 Å². The quantitative estimate of drug-likeness (QED) is 0.942. The molecule has 2 aromatic rings. The number of benzene rings is 1. The van der Waals surface area contributed by atoms with Gasteiger partial charge in [-0.25, -0.2) is 4.98 Å². The van der Waals surface area contributed by atoms with Crippen LogP contribution < -0.4 is 10.2 Å². The van der Waals surface area contributed by atoms with Crippen molar-refractivity contribution in [1.29, 1.82) is 0 Å². The number of nitrogens with zero attached hydrogens (tertiary/aromatic N) is 2. The van der Waals surface area contributed by atoms with E-state index in [0.717, 1.165) is 18.8 Å². The average Bonchev–Trinajstić information content (AvgIpc) is 2.96. The molecule has 1 amide bonds. The van der Waals surface area contributed by atoms with E-state index in [1.807, 2.05) is 18.2 Å². The molecule has 0 bridgehead atoms. The number of hydrogen-bond donors (Lipinski definition) is 1. The fraction of sp³-hybridized carbons (Fsp3) is 0.333. The molecule has 0 radical (unpaired) electrons. The van der Waals surface area contributed by atoms with Crippen molar-refractivity contribution in [3.63, 3.8) is 0 Å². The summed E-state index contributed by atoms with van der Waals surface area (Å²) < 4.78 is 0. The number of amides is 1. The predicted molar refractivity (Wildman–Crippen MR) is 88.6 cm³/mol. The minimum atomic E-state index is -0.108. The Morgan fingerprint density at radius 3 is 2.86 bits per heavy atom. The number of rotatable bonds is 4. The van der Waals surface area contributed by atoms with Gasteiger partial charge in [0.05, 0.1) is 0 Å². The second kappa shape index (κ2) is 6.18. The molecule has 4 nitrogen and oxygen atoms in total. The van der Waals surface area contributed by atoms with Crippen LogP contribution in [0.5, 0.6) is 0 Å². The molecule has 3 rings (SSSR count). The van der Waals surface area contributed by atoms with Gasteiger partial charge in [-0.1, -0.05) is 38.1 Å². The minimum Gasteiger partial charge on any atom is -0.350 e. The van der Waals surface area contributed by atoms with Gasteiger partial charge in [-0.3, -0.25) is 4.79 Å². The molecule has 0 unspecified atom stereocenters. The molecule has 2 heterocycles. The van der Waals surface area contributed by atoms with Crippen molar-refractivity contribution in [1.82, 2.24) is 10.3 Å². The van der Waals surface area contributed by atoms with Crippen LogP contribution in [0.3, 0.4) is 0 Å². The molecule has 0 spiro atoms. The number of para-hydroxylation sites is 1. The second-order valence-corrected chi connectivity index (χ2v) is 6.02. The van der Waals surface area contributed by atoms with Crippen molar-refractivity contribution in [3.8, 4) is 0 Å². The minimum absolute atomic E-state index is 0.108. The zero-order valence-corrected chi connectivity index (χ0v) is 13.0. The van der Waals surface area contributed by atoms with Crippen molar-refractivity contribution >= 4 is 17.4 Å². The molecule has 22 heavy (non-hydrogen) atoms. The highest BCUT2D eigenvalue weighted by Crippen LogP contribution is 2.33.